The van der Waals surface area contributed by atoms with E-state index >= 15 is 0 Å². The van der Waals surface area contributed by atoms with Gasteiger partial charge in [-0.25, -0.2) is 4.79 Å². The van der Waals surface area contributed by atoms with Gasteiger partial charge in [0.25, 0.3) is 0 Å². The van der Waals surface area contributed by atoms with Gasteiger partial charge in [-0.15, -0.1) is 0 Å². The van der Waals surface area contributed by atoms with Crippen LogP contribution in [0.25, 0.3) is 0 Å². The number of carbonyl (C=O) groups is 1. The summed E-state index contributed by atoms with van der Waals surface area (Å²) in [4.78, 5) is 11.1. The molecule has 0 saturated carbocycles. The largest absolute Gasteiger partial charge is 0.492 e. The standard InChI is InChI=1S/C13H15BrO4/c14-10-1-2-11(13(15)16)12(7-10)18-8-9-3-5-17-6-4-9/h1-2,7,9H,3-6,8H2,(H,15,16). The highest BCUT2D eigenvalue weighted by atomic mass is 79.9. The van der Waals surface area contributed by atoms with Gasteiger partial charge in [0.1, 0.15) is 11.3 Å². The second-order valence-corrected chi connectivity index (χ2v) is 5.23. The third-order valence-electron chi connectivity index (χ3n) is 2.99. The molecular weight excluding hydrogens is 300 g/mol. The first-order valence-corrected chi connectivity index (χ1v) is 6.69. The van der Waals surface area contributed by atoms with Crippen molar-refractivity contribution in [2.45, 2.75) is 12.8 Å². The molecule has 0 amide bonds. The third-order valence-corrected chi connectivity index (χ3v) is 3.48. The molecule has 1 fully saturated rings. The van der Waals surface area contributed by atoms with Crippen LogP contribution in [0.4, 0.5) is 0 Å². The number of rotatable bonds is 4. The minimum Gasteiger partial charge on any atom is -0.492 e. The fraction of sp³-hybridized carbons (Fsp3) is 0.462. The van der Waals surface area contributed by atoms with Crippen LogP contribution in [-0.2, 0) is 4.74 Å². The van der Waals surface area contributed by atoms with E-state index in [1.165, 1.54) is 0 Å². The first kappa shape index (κ1) is 13.4. The van der Waals surface area contributed by atoms with Gasteiger partial charge < -0.3 is 14.6 Å². The van der Waals surface area contributed by atoms with Gasteiger partial charge in [-0.3, -0.25) is 0 Å². The lowest BCUT2D eigenvalue weighted by atomic mass is 10.0. The highest BCUT2D eigenvalue weighted by Crippen LogP contribution is 2.25. The molecule has 0 spiro atoms. The van der Waals surface area contributed by atoms with Crippen LogP contribution < -0.4 is 4.74 Å². The van der Waals surface area contributed by atoms with Crippen LogP contribution in [0.5, 0.6) is 5.75 Å². The number of hydrogen-bond acceptors (Lipinski definition) is 3. The predicted octanol–water partition coefficient (Wildman–Crippen LogP) is 2.95. The van der Waals surface area contributed by atoms with Gasteiger partial charge in [0.15, 0.2) is 0 Å². The molecule has 1 heterocycles. The summed E-state index contributed by atoms with van der Waals surface area (Å²) in [5.41, 5.74) is 0.199. The highest BCUT2D eigenvalue weighted by molar-refractivity contribution is 9.10. The molecule has 0 aromatic heterocycles. The lowest BCUT2D eigenvalue weighted by Crippen LogP contribution is -2.22. The molecule has 0 aliphatic carbocycles. The summed E-state index contributed by atoms with van der Waals surface area (Å²) in [7, 11) is 0. The van der Waals surface area contributed by atoms with Gasteiger partial charge in [0.2, 0.25) is 0 Å². The molecule has 0 unspecified atom stereocenters. The Hall–Kier alpha value is -1.07. The summed E-state index contributed by atoms with van der Waals surface area (Å²) in [6, 6.07) is 4.94. The van der Waals surface area contributed by atoms with E-state index in [1.54, 1.807) is 18.2 Å². The minimum absolute atomic E-state index is 0.199. The molecule has 1 aromatic rings. The Labute approximate surface area is 114 Å². The van der Waals surface area contributed by atoms with E-state index in [1.807, 2.05) is 0 Å². The lowest BCUT2D eigenvalue weighted by Gasteiger charge is -2.22. The van der Waals surface area contributed by atoms with Crippen molar-refractivity contribution < 1.29 is 19.4 Å². The molecule has 98 valence electrons. The van der Waals surface area contributed by atoms with Crippen molar-refractivity contribution in [3.8, 4) is 5.75 Å². The first-order chi connectivity index (χ1) is 8.66. The molecular formula is C13H15BrO4. The maximum Gasteiger partial charge on any atom is 0.339 e. The molecule has 0 radical (unpaired) electrons. The predicted molar refractivity (Wildman–Crippen MR) is 70.1 cm³/mol. The van der Waals surface area contributed by atoms with E-state index in [2.05, 4.69) is 15.9 Å². The number of carboxylic acids is 1. The summed E-state index contributed by atoms with van der Waals surface area (Å²) < 4.78 is 11.7. The summed E-state index contributed by atoms with van der Waals surface area (Å²) in [5.74, 6) is -0.104. The van der Waals surface area contributed by atoms with Gasteiger partial charge in [0.05, 0.1) is 6.61 Å². The third kappa shape index (κ3) is 3.46. The number of carboxylic acid groups (broad SMARTS) is 1. The number of aromatic carboxylic acids is 1. The quantitative estimate of drug-likeness (QED) is 0.928. The normalized spacial score (nSPS) is 16.5. The number of ether oxygens (including phenoxy) is 2. The van der Waals surface area contributed by atoms with Crippen LogP contribution in [0.2, 0.25) is 0 Å². The van der Waals surface area contributed by atoms with Crippen molar-refractivity contribution in [3.05, 3.63) is 28.2 Å². The van der Waals surface area contributed by atoms with Crippen LogP contribution >= 0.6 is 15.9 Å². The van der Waals surface area contributed by atoms with Gasteiger partial charge in [-0.1, -0.05) is 15.9 Å². The van der Waals surface area contributed by atoms with E-state index < -0.39 is 5.97 Å². The SMILES string of the molecule is O=C(O)c1ccc(Br)cc1OCC1CCOCC1. The van der Waals surface area contributed by atoms with Crippen LogP contribution in [0.15, 0.2) is 22.7 Å². The van der Waals surface area contributed by atoms with Crippen LogP contribution in [-0.4, -0.2) is 30.9 Å². The Balaban J connectivity index is 2.03. The maximum absolute atomic E-state index is 11.1. The number of hydrogen-bond donors (Lipinski definition) is 1. The van der Waals surface area contributed by atoms with E-state index in [0.29, 0.717) is 18.3 Å². The van der Waals surface area contributed by atoms with Crippen LogP contribution in [0, 0.1) is 5.92 Å². The lowest BCUT2D eigenvalue weighted by molar-refractivity contribution is 0.0490. The van der Waals surface area contributed by atoms with Gasteiger partial charge in [-0.05, 0) is 37.0 Å². The second-order valence-electron chi connectivity index (χ2n) is 4.31. The smallest absolute Gasteiger partial charge is 0.339 e. The molecule has 1 aliphatic heterocycles. The minimum atomic E-state index is -0.968. The molecule has 0 atom stereocenters. The second kappa shape index (κ2) is 6.20. The van der Waals surface area contributed by atoms with Crippen molar-refractivity contribution in [1.29, 1.82) is 0 Å². The van der Waals surface area contributed by atoms with Gasteiger partial charge >= 0.3 is 5.97 Å². The summed E-state index contributed by atoms with van der Waals surface area (Å²) in [6.07, 6.45) is 1.94. The molecule has 2 rings (SSSR count). The monoisotopic (exact) mass is 314 g/mol. The fourth-order valence-corrected chi connectivity index (χ4v) is 2.25. The topological polar surface area (TPSA) is 55.8 Å². The fourth-order valence-electron chi connectivity index (χ4n) is 1.91. The van der Waals surface area contributed by atoms with Gasteiger partial charge in [0, 0.05) is 17.7 Å². The summed E-state index contributed by atoms with van der Waals surface area (Å²) in [5, 5.41) is 9.08. The Kier molecular flexibility index (Phi) is 4.60. The number of benzene rings is 1. The molecule has 1 N–H and O–H groups in total. The molecule has 18 heavy (non-hydrogen) atoms. The average molecular weight is 315 g/mol. The first-order valence-electron chi connectivity index (χ1n) is 5.90. The Bertz CT molecular complexity index is 427. The van der Waals surface area contributed by atoms with E-state index in [9.17, 15) is 4.79 Å². The zero-order valence-corrected chi connectivity index (χ0v) is 11.5. The Morgan fingerprint density at radius 3 is 2.83 bits per heavy atom. The molecule has 0 bridgehead atoms. The molecule has 1 aliphatic rings. The van der Waals surface area contributed by atoms with Crippen molar-refractivity contribution in [1.82, 2.24) is 0 Å². The zero-order chi connectivity index (χ0) is 13.0. The van der Waals surface area contributed by atoms with E-state index in [-0.39, 0.29) is 5.56 Å². The highest BCUT2D eigenvalue weighted by Gasteiger charge is 2.17. The number of halogens is 1. The van der Waals surface area contributed by atoms with Crippen LogP contribution in [0.1, 0.15) is 23.2 Å². The molecule has 4 nitrogen and oxygen atoms in total. The van der Waals surface area contributed by atoms with Crippen LogP contribution in [0.3, 0.4) is 0 Å². The summed E-state index contributed by atoms with van der Waals surface area (Å²) >= 11 is 3.32. The van der Waals surface area contributed by atoms with Gasteiger partial charge in [-0.2, -0.15) is 0 Å². The molecule has 1 aromatic carbocycles. The maximum atomic E-state index is 11.1. The Morgan fingerprint density at radius 1 is 1.44 bits per heavy atom. The average Bonchev–Trinajstić information content (AvgIpc) is 2.37. The zero-order valence-electron chi connectivity index (χ0n) is 9.89. The van der Waals surface area contributed by atoms with Crippen molar-refractivity contribution in [3.63, 3.8) is 0 Å². The molecule has 1 saturated heterocycles. The van der Waals surface area contributed by atoms with Crippen molar-refractivity contribution in [2.75, 3.05) is 19.8 Å². The van der Waals surface area contributed by atoms with Crippen molar-refractivity contribution in [2.24, 2.45) is 5.92 Å². The van der Waals surface area contributed by atoms with Crippen molar-refractivity contribution >= 4 is 21.9 Å². The molecule has 5 heteroatoms. The Morgan fingerprint density at radius 2 is 2.17 bits per heavy atom. The van der Waals surface area contributed by atoms with E-state index in [0.717, 1.165) is 30.5 Å². The van der Waals surface area contributed by atoms with E-state index in [4.69, 9.17) is 14.6 Å². The summed E-state index contributed by atoms with van der Waals surface area (Å²) in [6.45, 7) is 2.07.